The normalized spacial score (nSPS) is 10.4. The molecule has 90 valence electrons. The third-order valence-corrected chi connectivity index (χ3v) is 2.87. The molecule has 6 heteroatoms. The summed E-state index contributed by atoms with van der Waals surface area (Å²) in [4.78, 5) is 8.38. The number of pyridine rings is 1. The number of nitrogens with one attached hydrogen (secondary N) is 1. The van der Waals surface area contributed by atoms with Gasteiger partial charge in [-0.2, -0.15) is 4.37 Å². The molecule has 0 fully saturated rings. The molecule has 0 bridgehead atoms. The van der Waals surface area contributed by atoms with Gasteiger partial charge in [-0.05, 0) is 17.7 Å². The monoisotopic (exact) mass is 250 g/mol. The topological polar surface area (TPSA) is 59.9 Å². The molecule has 0 saturated heterocycles. The minimum atomic E-state index is 0.666. The van der Waals surface area contributed by atoms with Gasteiger partial charge in [0.15, 0.2) is 0 Å². The second kappa shape index (κ2) is 6.27. The summed E-state index contributed by atoms with van der Waals surface area (Å²) < 4.78 is 9.25. The molecule has 0 aliphatic carbocycles. The standard InChI is InChI=1S/C11H14N4OS/c1-16-7-6-13-11-14-10(15-17-11)8-9-2-4-12-5-3-9/h2-5H,6-8H2,1H3,(H,13,14,15). The van der Waals surface area contributed by atoms with Crippen molar-refractivity contribution in [3.63, 3.8) is 0 Å². The van der Waals surface area contributed by atoms with Gasteiger partial charge in [0.05, 0.1) is 6.61 Å². The lowest BCUT2D eigenvalue weighted by molar-refractivity contribution is 0.211. The molecule has 0 aromatic carbocycles. The largest absolute Gasteiger partial charge is 0.383 e. The Bertz CT molecular complexity index is 446. The van der Waals surface area contributed by atoms with Gasteiger partial charge >= 0.3 is 0 Å². The van der Waals surface area contributed by atoms with Crippen LogP contribution in [0.1, 0.15) is 11.4 Å². The molecule has 0 atom stereocenters. The van der Waals surface area contributed by atoms with Crippen LogP contribution in [0, 0.1) is 0 Å². The molecule has 0 amide bonds. The molecular formula is C11H14N4OS. The number of ether oxygens (including phenoxy) is 1. The summed E-state index contributed by atoms with van der Waals surface area (Å²) in [7, 11) is 1.68. The second-order valence-corrected chi connectivity index (χ2v) is 4.22. The molecule has 2 heterocycles. The SMILES string of the molecule is COCCNc1nc(Cc2ccncc2)ns1. The Hall–Kier alpha value is -1.53. The van der Waals surface area contributed by atoms with Gasteiger partial charge in [0.2, 0.25) is 5.13 Å². The van der Waals surface area contributed by atoms with Gasteiger partial charge in [-0.15, -0.1) is 0 Å². The van der Waals surface area contributed by atoms with Crippen LogP contribution in [0.2, 0.25) is 0 Å². The van der Waals surface area contributed by atoms with Crippen LogP contribution in [0.4, 0.5) is 5.13 Å². The Kier molecular flexibility index (Phi) is 4.40. The first-order valence-electron chi connectivity index (χ1n) is 5.33. The van der Waals surface area contributed by atoms with Crippen LogP contribution in [-0.4, -0.2) is 34.6 Å². The fraction of sp³-hybridized carbons (Fsp3) is 0.364. The van der Waals surface area contributed by atoms with Gasteiger partial charge in [0, 0.05) is 44.0 Å². The van der Waals surface area contributed by atoms with E-state index in [0.717, 1.165) is 23.9 Å². The Labute approximate surface area is 104 Å². The zero-order valence-electron chi connectivity index (χ0n) is 9.59. The first-order valence-corrected chi connectivity index (χ1v) is 6.10. The maximum atomic E-state index is 4.95. The first-order chi connectivity index (χ1) is 8.38. The summed E-state index contributed by atoms with van der Waals surface area (Å²) in [5.41, 5.74) is 1.17. The molecule has 0 aliphatic rings. The highest BCUT2D eigenvalue weighted by atomic mass is 32.1. The molecule has 2 aromatic heterocycles. The van der Waals surface area contributed by atoms with Crippen molar-refractivity contribution in [2.75, 3.05) is 25.6 Å². The van der Waals surface area contributed by atoms with Gasteiger partial charge in [0.25, 0.3) is 0 Å². The lowest BCUT2D eigenvalue weighted by atomic mass is 10.2. The van der Waals surface area contributed by atoms with Crippen molar-refractivity contribution >= 4 is 16.7 Å². The van der Waals surface area contributed by atoms with Crippen LogP contribution in [0.15, 0.2) is 24.5 Å². The molecule has 2 rings (SSSR count). The third-order valence-electron chi connectivity index (χ3n) is 2.16. The molecule has 5 nitrogen and oxygen atoms in total. The molecule has 1 N–H and O–H groups in total. The summed E-state index contributed by atoms with van der Waals surface area (Å²) in [5.74, 6) is 0.834. The van der Waals surface area contributed by atoms with E-state index in [1.54, 1.807) is 19.5 Å². The van der Waals surface area contributed by atoms with Crippen molar-refractivity contribution in [2.24, 2.45) is 0 Å². The fourth-order valence-electron chi connectivity index (χ4n) is 1.34. The minimum absolute atomic E-state index is 0.666. The summed E-state index contributed by atoms with van der Waals surface area (Å²) >= 11 is 1.38. The Morgan fingerprint density at radius 3 is 2.94 bits per heavy atom. The number of nitrogens with zero attached hydrogens (tertiary/aromatic N) is 3. The third kappa shape index (κ3) is 3.76. The lowest BCUT2D eigenvalue weighted by Gasteiger charge is -1.99. The summed E-state index contributed by atoms with van der Waals surface area (Å²) in [6.07, 6.45) is 4.30. The van der Waals surface area contributed by atoms with E-state index in [-0.39, 0.29) is 0 Å². The molecular weight excluding hydrogens is 236 g/mol. The second-order valence-electron chi connectivity index (χ2n) is 3.47. The average molecular weight is 250 g/mol. The van der Waals surface area contributed by atoms with E-state index in [2.05, 4.69) is 19.7 Å². The molecule has 0 radical (unpaired) electrons. The summed E-state index contributed by atoms with van der Waals surface area (Å²) in [6, 6.07) is 3.94. The highest BCUT2D eigenvalue weighted by molar-refractivity contribution is 7.09. The maximum absolute atomic E-state index is 4.95. The van der Waals surface area contributed by atoms with Crippen molar-refractivity contribution in [3.8, 4) is 0 Å². The fourth-order valence-corrected chi connectivity index (χ4v) is 1.95. The van der Waals surface area contributed by atoms with Gasteiger partial charge in [-0.3, -0.25) is 4.98 Å². The van der Waals surface area contributed by atoms with Crippen LogP contribution in [0.3, 0.4) is 0 Å². The van der Waals surface area contributed by atoms with Crippen molar-refractivity contribution in [1.29, 1.82) is 0 Å². The van der Waals surface area contributed by atoms with Gasteiger partial charge in [0.1, 0.15) is 5.82 Å². The average Bonchev–Trinajstić information content (AvgIpc) is 2.79. The number of hydrogen-bond acceptors (Lipinski definition) is 6. The number of hydrogen-bond donors (Lipinski definition) is 1. The van der Waals surface area contributed by atoms with Crippen LogP contribution < -0.4 is 5.32 Å². The Morgan fingerprint density at radius 1 is 1.35 bits per heavy atom. The van der Waals surface area contributed by atoms with E-state index in [9.17, 15) is 0 Å². The predicted octanol–water partition coefficient (Wildman–Crippen LogP) is 1.58. The van der Waals surface area contributed by atoms with Crippen LogP contribution in [-0.2, 0) is 11.2 Å². The molecule has 0 aliphatic heterocycles. The molecule has 17 heavy (non-hydrogen) atoms. The van der Waals surface area contributed by atoms with Crippen molar-refractivity contribution < 1.29 is 4.74 Å². The molecule has 2 aromatic rings. The van der Waals surface area contributed by atoms with E-state index in [0.29, 0.717) is 6.61 Å². The van der Waals surface area contributed by atoms with Gasteiger partial charge < -0.3 is 10.1 Å². The summed E-state index contributed by atoms with van der Waals surface area (Å²) in [6.45, 7) is 1.42. The first kappa shape index (κ1) is 11.9. The molecule has 0 saturated carbocycles. The number of rotatable bonds is 6. The number of anilines is 1. The highest BCUT2D eigenvalue weighted by Gasteiger charge is 2.04. The van der Waals surface area contributed by atoms with Crippen LogP contribution in [0.25, 0.3) is 0 Å². The summed E-state index contributed by atoms with van der Waals surface area (Å²) in [5, 5.41) is 4.00. The van der Waals surface area contributed by atoms with E-state index >= 15 is 0 Å². The van der Waals surface area contributed by atoms with Gasteiger partial charge in [-0.25, -0.2) is 4.98 Å². The van der Waals surface area contributed by atoms with Crippen LogP contribution in [0.5, 0.6) is 0 Å². The van der Waals surface area contributed by atoms with Gasteiger partial charge in [-0.1, -0.05) is 0 Å². The zero-order chi connectivity index (χ0) is 11.9. The molecule has 0 spiro atoms. The molecule has 0 unspecified atom stereocenters. The van der Waals surface area contributed by atoms with E-state index in [1.165, 1.54) is 17.1 Å². The van der Waals surface area contributed by atoms with Crippen molar-refractivity contribution in [3.05, 3.63) is 35.9 Å². The highest BCUT2D eigenvalue weighted by Crippen LogP contribution is 2.13. The Balaban J connectivity index is 1.90. The number of methoxy groups -OCH3 is 1. The Morgan fingerprint density at radius 2 is 2.18 bits per heavy atom. The zero-order valence-corrected chi connectivity index (χ0v) is 10.4. The van der Waals surface area contributed by atoms with Crippen molar-refractivity contribution in [1.82, 2.24) is 14.3 Å². The minimum Gasteiger partial charge on any atom is -0.383 e. The van der Waals surface area contributed by atoms with E-state index < -0.39 is 0 Å². The predicted molar refractivity (Wildman–Crippen MR) is 67.3 cm³/mol. The number of aromatic nitrogens is 3. The van der Waals surface area contributed by atoms with E-state index in [4.69, 9.17) is 4.74 Å². The van der Waals surface area contributed by atoms with Crippen LogP contribution >= 0.6 is 11.5 Å². The maximum Gasteiger partial charge on any atom is 0.202 e. The quantitative estimate of drug-likeness (QED) is 0.789. The van der Waals surface area contributed by atoms with Crippen molar-refractivity contribution in [2.45, 2.75) is 6.42 Å². The van der Waals surface area contributed by atoms with E-state index in [1.807, 2.05) is 12.1 Å². The smallest absolute Gasteiger partial charge is 0.202 e. The lowest BCUT2D eigenvalue weighted by Crippen LogP contribution is -2.07.